The van der Waals surface area contributed by atoms with Crippen LogP contribution in [0.4, 0.5) is 0 Å². The fourth-order valence-electron chi connectivity index (χ4n) is 2.43. The molecule has 0 aliphatic heterocycles. The third-order valence-corrected chi connectivity index (χ3v) is 3.44. The fourth-order valence-corrected chi connectivity index (χ4v) is 2.43. The molecule has 3 nitrogen and oxygen atoms in total. The summed E-state index contributed by atoms with van der Waals surface area (Å²) >= 11 is 0. The molecule has 1 aliphatic carbocycles. The molecular formula is C14H18O3. The van der Waals surface area contributed by atoms with Crippen molar-refractivity contribution < 1.29 is 14.6 Å². The van der Waals surface area contributed by atoms with Gasteiger partial charge in [0, 0.05) is 11.5 Å². The molecule has 0 unspecified atom stereocenters. The fraction of sp³-hybridized carbons (Fsp3) is 0.500. The van der Waals surface area contributed by atoms with Gasteiger partial charge in [0.05, 0.1) is 7.11 Å². The van der Waals surface area contributed by atoms with E-state index in [1.165, 1.54) is 19.6 Å². The molecule has 0 radical (unpaired) electrons. The van der Waals surface area contributed by atoms with Gasteiger partial charge in [-0.05, 0) is 31.0 Å². The lowest BCUT2D eigenvalue weighted by Gasteiger charge is -2.20. The summed E-state index contributed by atoms with van der Waals surface area (Å²) in [6.45, 7) is 0. The van der Waals surface area contributed by atoms with Crippen molar-refractivity contribution in [1.29, 1.82) is 0 Å². The Labute approximate surface area is 101 Å². The molecule has 3 heteroatoms. The molecule has 0 atom stereocenters. The average molecular weight is 234 g/mol. The summed E-state index contributed by atoms with van der Waals surface area (Å²) in [5.41, 5.74) is 0.645. The van der Waals surface area contributed by atoms with E-state index >= 15 is 0 Å². The zero-order valence-electron chi connectivity index (χ0n) is 10.1. The number of methoxy groups -OCH3 is 1. The van der Waals surface area contributed by atoms with Gasteiger partial charge in [-0.25, -0.2) is 0 Å². The average Bonchev–Trinajstić information content (AvgIpc) is 2.39. The van der Waals surface area contributed by atoms with Crippen LogP contribution in [0.2, 0.25) is 0 Å². The molecule has 1 aromatic rings. The number of ether oxygens (including phenoxy) is 1. The highest BCUT2D eigenvalue weighted by molar-refractivity contribution is 5.98. The van der Waals surface area contributed by atoms with E-state index in [-0.39, 0.29) is 17.5 Å². The quantitative estimate of drug-likeness (QED) is 0.817. The van der Waals surface area contributed by atoms with Gasteiger partial charge >= 0.3 is 0 Å². The van der Waals surface area contributed by atoms with Gasteiger partial charge in [-0.15, -0.1) is 0 Å². The lowest BCUT2D eigenvalue weighted by Crippen LogP contribution is -2.17. The van der Waals surface area contributed by atoms with E-state index in [0.29, 0.717) is 11.3 Å². The van der Waals surface area contributed by atoms with Crippen LogP contribution < -0.4 is 4.74 Å². The first-order valence-electron chi connectivity index (χ1n) is 6.13. The highest BCUT2D eigenvalue weighted by Crippen LogP contribution is 2.31. The topological polar surface area (TPSA) is 46.5 Å². The number of carbonyl (C=O) groups excluding carboxylic acids is 1. The number of benzene rings is 1. The third-order valence-electron chi connectivity index (χ3n) is 3.44. The smallest absolute Gasteiger partial charge is 0.166 e. The molecule has 1 N–H and O–H groups in total. The molecule has 0 aromatic heterocycles. The van der Waals surface area contributed by atoms with E-state index in [1.54, 1.807) is 12.1 Å². The number of phenols is 1. The van der Waals surface area contributed by atoms with Crippen molar-refractivity contribution >= 4 is 5.78 Å². The Morgan fingerprint density at radius 3 is 2.65 bits per heavy atom. The van der Waals surface area contributed by atoms with Crippen LogP contribution in [0.25, 0.3) is 0 Å². The minimum Gasteiger partial charge on any atom is -0.504 e. The Bertz CT molecular complexity index is 406. The minimum absolute atomic E-state index is 0.0766. The first-order valence-corrected chi connectivity index (χ1v) is 6.13. The van der Waals surface area contributed by atoms with E-state index < -0.39 is 0 Å². The van der Waals surface area contributed by atoms with E-state index in [1.807, 2.05) is 0 Å². The van der Waals surface area contributed by atoms with Gasteiger partial charge in [0.25, 0.3) is 0 Å². The molecular weight excluding hydrogens is 216 g/mol. The maximum absolute atomic E-state index is 12.2. The number of aromatic hydroxyl groups is 1. The summed E-state index contributed by atoms with van der Waals surface area (Å²) in [5.74, 6) is 0.778. The number of rotatable bonds is 3. The summed E-state index contributed by atoms with van der Waals surface area (Å²) in [6, 6.07) is 4.83. The Kier molecular flexibility index (Phi) is 3.67. The molecule has 0 saturated heterocycles. The van der Waals surface area contributed by atoms with Gasteiger partial charge in [0.2, 0.25) is 0 Å². The monoisotopic (exact) mass is 234 g/mol. The van der Waals surface area contributed by atoms with Crippen molar-refractivity contribution in [3.63, 3.8) is 0 Å². The molecule has 0 bridgehead atoms. The van der Waals surface area contributed by atoms with Crippen molar-refractivity contribution in [3.05, 3.63) is 23.8 Å². The maximum Gasteiger partial charge on any atom is 0.166 e. The number of carbonyl (C=O) groups is 1. The molecule has 0 heterocycles. The lowest BCUT2D eigenvalue weighted by molar-refractivity contribution is 0.0889. The predicted octanol–water partition coefficient (Wildman–Crippen LogP) is 3.16. The zero-order chi connectivity index (χ0) is 12.3. The number of phenolic OH excluding ortho intramolecular Hbond substituents is 1. The van der Waals surface area contributed by atoms with Crippen molar-refractivity contribution in [2.24, 2.45) is 5.92 Å². The van der Waals surface area contributed by atoms with E-state index in [0.717, 1.165) is 25.7 Å². The summed E-state index contributed by atoms with van der Waals surface area (Å²) in [6.07, 6.45) is 5.50. The van der Waals surface area contributed by atoms with Crippen LogP contribution in [0.3, 0.4) is 0 Å². The molecule has 1 fully saturated rings. The molecule has 1 saturated carbocycles. The highest BCUT2D eigenvalue weighted by Gasteiger charge is 2.22. The van der Waals surface area contributed by atoms with Gasteiger partial charge in [-0.3, -0.25) is 4.79 Å². The number of hydrogen-bond donors (Lipinski definition) is 1. The lowest BCUT2D eigenvalue weighted by atomic mass is 9.84. The van der Waals surface area contributed by atoms with Gasteiger partial charge in [-0.1, -0.05) is 19.3 Å². The Morgan fingerprint density at radius 1 is 1.29 bits per heavy atom. The molecule has 92 valence electrons. The summed E-state index contributed by atoms with van der Waals surface area (Å²) in [5, 5.41) is 9.49. The van der Waals surface area contributed by atoms with Crippen molar-refractivity contribution in [1.82, 2.24) is 0 Å². The van der Waals surface area contributed by atoms with Crippen LogP contribution in [0.1, 0.15) is 42.5 Å². The second-order valence-electron chi connectivity index (χ2n) is 4.59. The van der Waals surface area contributed by atoms with Crippen LogP contribution in [0.15, 0.2) is 18.2 Å². The summed E-state index contributed by atoms with van der Waals surface area (Å²) in [7, 11) is 1.49. The van der Waals surface area contributed by atoms with Crippen LogP contribution in [0, 0.1) is 5.92 Å². The predicted molar refractivity (Wildman–Crippen MR) is 65.6 cm³/mol. The number of ketones is 1. The van der Waals surface area contributed by atoms with E-state index in [2.05, 4.69) is 0 Å². The first kappa shape index (κ1) is 12.0. The van der Waals surface area contributed by atoms with Crippen LogP contribution in [-0.4, -0.2) is 18.0 Å². The number of hydrogen-bond acceptors (Lipinski definition) is 3. The van der Waals surface area contributed by atoms with Crippen molar-refractivity contribution in [2.45, 2.75) is 32.1 Å². The molecule has 1 aliphatic rings. The van der Waals surface area contributed by atoms with Gasteiger partial charge in [-0.2, -0.15) is 0 Å². The van der Waals surface area contributed by atoms with Crippen LogP contribution in [-0.2, 0) is 0 Å². The standard InChI is InChI=1S/C14H18O3/c1-17-13-9-11(7-8-12(13)15)14(16)10-5-3-2-4-6-10/h7-10,15H,2-6H2,1H3. The summed E-state index contributed by atoms with van der Waals surface area (Å²) < 4.78 is 5.02. The first-order chi connectivity index (χ1) is 8.22. The maximum atomic E-state index is 12.2. The van der Waals surface area contributed by atoms with Crippen molar-refractivity contribution in [3.8, 4) is 11.5 Å². The van der Waals surface area contributed by atoms with Gasteiger partial charge in [0.15, 0.2) is 17.3 Å². The normalized spacial score (nSPS) is 16.8. The highest BCUT2D eigenvalue weighted by atomic mass is 16.5. The molecule has 0 amide bonds. The molecule has 17 heavy (non-hydrogen) atoms. The van der Waals surface area contributed by atoms with Gasteiger partial charge < -0.3 is 9.84 Å². The van der Waals surface area contributed by atoms with Crippen LogP contribution >= 0.6 is 0 Å². The number of Topliss-reactive ketones (excluding diaryl/α,β-unsaturated/α-hetero) is 1. The minimum atomic E-state index is 0.0766. The molecule has 2 rings (SSSR count). The van der Waals surface area contributed by atoms with Crippen molar-refractivity contribution in [2.75, 3.05) is 7.11 Å². The largest absolute Gasteiger partial charge is 0.504 e. The molecule has 1 aromatic carbocycles. The second kappa shape index (κ2) is 5.21. The molecule has 0 spiro atoms. The Morgan fingerprint density at radius 2 is 2.00 bits per heavy atom. The SMILES string of the molecule is COc1cc(C(=O)C2CCCCC2)ccc1O. The zero-order valence-corrected chi connectivity index (χ0v) is 10.1. The van der Waals surface area contributed by atoms with Gasteiger partial charge in [0.1, 0.15) is 0 Å². The Hall–Kier alpha value is -1.51. The van der Waals surface area contributed by atoms with E-state index in [9.17, 15) is 9.90 Å². The summed E-state index contributed by atoms with van der Waals surface area (Å²) in [4.78, 5) is 12.2. The van der Waals surface area contributed by atoms with Crippen LogP contribution in [0.5, 0.6) is 11.5 Å². The third kappa shape index (κ3) is 2.60. The van der Waals surface area contributed by atoms with E-state index in [4.69, 9.17) is 4.74 Å². The second-order valence-corrected chi connectivity index (χ2v) is 4.59. The Balaban J connectivity index is 2.18.